The fraction of sp³-hybridized carbons (Fsp3) is 0.346. The number of rotatable bonds is 9. The number of amides is 1. The molecule has 0 aliphatic carbocycles. The lowest BCUT2D eigenvalue weighted by Gasteiger charge is -2.32. The summed E-state index contributed by atoms with van der Waals surface area (Å²) in [5.74, 6) is 0.351. The Hall–Kier alpha value is -2.04. The van der Waals surface area contributed by atoms with Crippen molar-refractivity contribution in [2.24, 2.45) is 5.92 Å². The maximum atomic E-state index is 12.8. The van der Waals surface area contributed by atoms with Gasteiger partial charge in [0.2, 0.25) is 0 Å². The van der Waals surface area contributed by atoms with E-state index in [1.165, 1.54) is 0 Å². The summed E-state index contributed by atoms with van der Waals surface area (Å²) in [5.41, 5.74) is 0.872. The van der Waals surface area contributed by atoms with Gasteiger partial charge in [-0.15, -0.1) is 11.3 Å². The first-order valence-corrected chi connectivity index (χ1v) is 13.7. The van der Waals surface area contributed by atoms with Gasteiger partial charge in [-0.05, 0) is 91.3 Å². The van der Waals surface area contributed by atoms with E-state index < -0.39 is 11.7 Å². The van der Waals surface area contributed by atoms with Crippen molar-refractivity contribution in [3.8, 4) is 0 Å². The predicted molar refractivity (Wildman–Crippen MR) is 140 cm³/mol. The van der Waals surface area contributed by atoms with E-state index in [4.69, 9.17) is 11.6 Å². The molecule has 2 heterocycles. The number of thiophene rings is 1. The number of halogens is 4. The lowest BCUT2D eigenvalue weighted by atomic mass is 9.98. The summed E-state index contributed by atoms with van der Waals surface area (Å²) in [7, 11) is 0. The molecule has 1 saturated heterocycles. The number of nitrogens with zero attached hydrogens (tertiary/aromatic N) is 1. The summed E-state index contributed by atoms with van der Waals surface area (Å²) in [6, 6.07) is 16.3. The van der Waals surface area contributed by atoms with Crippen LogP contribution in [0.25, 0.3) is 0 Å². The van der Waals surface area contributed by atoms with Crippen LogP contribution in [-0.2, 0) is 19.3 Å². The number of piperidine rings is 1. The SMILES string of the molecule is O=C(NCc1ccc(SNCC2CCCN(Cc3ccc(C(F)(F)F)cc3)C2)s1)c1ccc(Cl)cc1. The van der Waals surface area contributed by atoms with E-state index in [9.17, 15) is 18.0 Å². The molecule has 10 heteroatoms. The van der Waals surface area contributed by atoms with Gasteiger partial charge in [0.25, 0.3) is 5.91 Å². The normalized spacial score (nSPS) is 16.7. The molecule has 0 spiro atoms. The van der Waals surface area contributed by atoms with Crippen LogP contribution in [0.4, 0.5) is 13.2 Å². The van der Waals surface area contributed by atoms with Gasteiger partial charge in [-0.1, -0.05) is 23.7 Å². The topological polar surface area (TPSA) is 44.4 Å². The highest BCUT2D eigenvalue weighted by Gasteiger charge is 2.30. The van der Waals surface area contributed by atoms with Crippen molar-refractivity contribution >= 4 is 40.8 Å². The molecule has 2 N–H and O–H groups in total. The van der Waals surface area contributed by atoms with E-state index in [0.717, 1.165) is 59.3 Å². The highest BCUT2D eigenvalue weighted by Crippen LogP contribution is 2.30. The average molecular weight is 554 g/mol. The molecule has 0 radical (unpaired) electrons. The van der Waals surface area contributed by atoms with Crippen LogP contribution in [0, 0.1) is 5.92 Å². The third kappa shape index (κ3) is 7.98. The first-order valence-electron chi connectivity index (χ1n) is 11.7. The first-order chi connectivity index (χ1) is 17.3. The molecule has 1 atom stereocenters. The minimum absolute atomic E-state index is 0.134. The highest BCUT2D eigenvalue weighted by molar-refractivity contribution is 7.99. The van der Waals surface area contributed by atoms with Gasteiger partial charge < -0.3 is 5.32 Å². The van der Waals surface area contributed by atoms with Crippen LogP contribution in [0.2, 0.25) is 5.02 Å². The summed E-state index contributed by atoms with van der Waals surface area (Å²) < 4.78 is 42.9. The molecule has 4 nitrogen and oxygen atoms in total. The summed E-state index contributed by atoms with van der Waals surface area (Å²) in [6.07, 6.45) is -2.09. The van der Waals surface area contributed by atoms with Crippen molar-refractivity contribution in [2.75, 3.05) is 19.6 Å². The van der Waals surface area contributed by atoms with Crippen molar-refractivity contribution in [2.45, 2.75) is 36.3 Å². The summed E-state index contributed by atoms with van der Waals surface area (Å²) in [4.78, 5) is 15.6. The molecule has 1 aromatic heterocycles. The lowest BCUT2D eigenvalue weighted by Crippen LogP contribution is -2.38. The van der Waals surface area contributed by atoms with E-state index in [1.807, 2.05) is 12.1 Å². The second-order valence-corrected chi connectivity index (χ2v) is 11.6. The molecule has 1 amide bonds. The van der Waals surface area contributed by atoms with Gasteiger partial charge in [-0.25, -0.2) is 0 Å². The van der Waals surface area contributed by atoms with Crippen molar-refractivity contribution in [3.63, 3.8) is 0 Å². The van der Waals surface area contributed by atoms with Crippen LogP contribution in [0.15, 0.2) is 64.9 Å². The maximum Gasteiger partial charge on any atom is 0.416 e. The van der Waals surface area contributed by atoms with Gasteiger partial charge in [-0.2, -0.15) is 13.2 Å². The number of nitrogens with one attached hydrogen (secondary N) is 2. The smallest absolute Gasteiger partial charge is 0.347 e. The quantitative estimate of drug-likeness (QED) is 0.284. The molecule has 1 unspecified atom stereocenters. The number of likely N-dealkylation sites (tertiary alicyclic amines) is 1. The zero-order chi connectivity index (χ0) is 25.5. The lowest BCUT2D eigenvalue weighted by molar-refractivity contribution is -0.137. The van der Waals surface area contributed by atoms with Gasteiger partial charge in [-0.3, -0.25) is 14.4 Å². The Bertz CT molecular complexity index is 1140. The molecule has 4 rings (SSSR count). The number of benzene rings is 2. The minimum Gasteiger partial charge on any atom is -0.347 e. The van der Waals surface area contributed by atoms with Gasteiger partial charge in [0.05, 0.1) is 16.3 Å². The Morgan fingerprint density at radius 3 is 2.56 bits per heavy atom. The van der Waals surface area contributed by atoms with Crippen molar-refractivity contribution in [1.82, 2.24) is 14.9 Å². The summed E-state index contributed by atoms with van der Waals surface area (Å²) in [6.45, 7) is 3.86. The van der Waals surface area contributed by atoms with E-state index in [2.05, 4.69) is 14.9 Å². The van der Waals surface area contributed by atoms with Crippen molar-refractivity contribution in [1.29, 1.82) is 0 Å². The second kappa shape index (κ2) is 12.5. The summed E-state index contributed by atoms with van der Waals surface area (Å²) >= 11 is 9.10. The van der Waals surface area contributed by atoms with Gasteiger partial charge in [0, 0.05) is 35.1 Å². The highest BCUT2D eigenvalue weighted by atomic mass is 35.5. The first kappa shape index (κ1) is 27.0. The van der Waals surface area contributed by atoms with Crippen molar-refractivity contribution < 1.29 is 18.0 Å². The number of carbonyl (C=O) groups is 1. The Balaban J connectivity index is 1.18. The average Bonchev–Trinajstić information content (AvgIpc) is 3.31. The Labute approximate surface area is 222 Å². The molecular formula is C26H27ClF3N3OS2. The number of alkyl halides is 3. The molecule has 192 valence electrons. The Morgan fingerprint density at radius 2 is 1.83 bits per heavy atom. The van der Waals surface area contributed by atoms with Crippen molar-refractivity contribution in [3.05, 3.63) is 87.3 Å². The molecule has 0 bridgehead atoms. The monoisotopic (exact) mass is 553 g/mol. The minimum atomic E-state index is -4.30. The van der Waals surface area contributed by atoms with Crippen LogP contribution in [0.3, 0.4) is 0 Å². The molecule has 36 heavy (non-hydrogen) atoms. The number of hydrogen-bond acceptors (Lipinski definition) is 5. The standard InChI is InChI=1S/C26H27ClF3N3OS2/c27-22-9-5-20(6-10-22)25(34)31-15-23-11-12-24(35-23)36-32-14-19-2-1-13-33(17-19)16-18-3-7-21(8-4-18)26(28,29)30/h3-12,19,32H,1-2,13-17H2,(H,31,34). The van der Waals surface area contributed by atoms with E-state index in [1.54, 1.807) is 59.7 Å². The maximum absolute atomic E-state index is 12.8. The van der Waals surface area contributed by atoms with Crippen LogP contribution < -0.4 is 10.0 Å². The molecule has 2 aromatic carbocycles. The van der Waals surface area contributed by atoms with Gasteiger partial charge in [0.1, 0.15) is 0 Å². The number of hydrogen-bond donors (Lipinski definition) is 2. The molecule has 0 saturated carbocycles. The van der Waals surface area contributed by atoms with Crippen LogP contribution in [0.5, 0.6) is 0 Å². The molecule has 3 aromatic rings. The van der Waals surface area contributed by atoms with Crippen LogP contribution >= 0.6 is 34.9 Å². The third-order valence-corrected chi connectivity index (χ3v) is 8.28. The second-order valence-electron chi connectivity index (χ2n) is 8.80. The third-order valence-electron chi connectivity index (χ3n) is 6.00. The van der Waals surface area contributed by atoms with Gasteiger partial charge >= 0.3 is 6.18 Å². The number of carbonyl (C=O) groups excluding carboxylic acids is 1. The van der Waals surface area contributed by atoms with Gasteiger partial charge in [0.15, 0.2) is 0 Å². The Morgan fingerprint density at radius 1 is 1.08 bits per heavy atom. The van der Waals surface area contributed by atoms with E-state index in [0.29, 0.717) is 29.6 Å². The Kier molecular flexibility index (Phi) is 9.35. The zero-order valence-corrected chi connectivity index (χ0v) is 21.9. The zero-order valence-electron chi connectivity index (χ0n) is 19.5. The molecule has 1 aliphatic rings. The van der Waals surface area contributed by atoms with E-state index in [-0.39, 0.29) is 5.91 Å². The fourth-order valence-electron chi connectivity index (χ4n) is 4.13. The van der Waals surface area contributed by atoms with E-state index >= 15 is 0 Å². The van der Waals surface area contributed by atoms with Crippen LogP contribution in [0.1, 0.15) is 39.2 Å². The fourth-order valence-corrected chi connectivity index (χ4v) is 6.19. The molecule has 1 fully saturated rings. The molecule has 1 aliphatic heterocycles. The summed E-state index contributed by atoms with van der Waals surface area (Å²) in [5, 5.41) is 3.52. The molecular weight excluding hydrogens is 527 g/mol. The predicted octanol–water partition coefficient (Wildman–Crippen LogP) is 6.86. The largest absolute Gasteiger partial charge is 0.416 e. The van der Waals surface area contributed by atoms with Crippen LogP contribution in [-0.4, -0.2) is 30.4 Å².